The second-order valence-electron chi connectivity index (χ2n) is 3.45. The molecule has 0 bridgehead atoms. The molecule has 0 aliphatic carbocycles. The van der Waals surface area contributed by atoms with Crippen LogP contribution >= 0.6 is 23.2 Å². The van der Waals surface area contributed by atoms with Gasteiger partial charge in [-0.1, -0.05) is 16.7 Å². The van der Waals surface area contributed by atoms with Gasteiger partial charge in [-0.3, -0.25) is 0 Å². The number of hydrogen-bond donors (Lipinski definition) is 1. The molecule has 0 unspecified atom stereocenters. The van der Waals surface area contributed by atoms with Crippen molar-refractivity contribution in [1.29, 1.82) is 0 Å². The molecule has 9 heteroatoms. The molecule has 0 fully saturated rings. The van der Waals surface area contributed by atoms with Gasteiger partial charge in [0.2, 0.25) is 5.89 Å². The van der Waals surface area contributed by atoms with Gasteiger partial charge in [0.25, 0.3) is 0 Å². The first-order valence-electron chi connectivity index (χ1n) is 4.92. The summed E-state index contributed by atoms with van der Waals surface area (Å²) in [4.78, 5) is 0. The molecule has 102 valence electrons. The Hall–Kier alpha value is -1.47. The van der Waals surface area contributed by atoms with Crippen molar-refractivity contribution in [2.24, 2.45) is 0 Å². The van der Waals surface area contributed by atoms with Crippen molar-refractivity contribution >= 4 is 34.9 Å². The first-order chi connectivity index (χ1) is 8.90. The van der Waals surface area contributed by atoms with Crippen molar-refractivity contribution in [2.75, 3.05) is 5.32 Å². The summed E-state index contributed by atoms with van der Waals surface area (Å²) in [6, 6.07) is 3.30. The van der Waals surface area contributed by atoms with Crippen LogP contribution in [-0.4, -0.2) is 10.2 Å². The summed E-state index contributed by atoms with van der Waals surface area (Å²) in [5.41, 5.74) is -0.822. The van der Waals surface area contributed by atoms with Crippen molar-refractivity contribution in [3.63, 3.8) is 0 Å². The molecular weight excluding hydrogens is 306 g/mol. The zero-order chi connectivity index (χ0) is 14.0. The first kappa shape index (κ1) is 14.0. The number of rotatable bonds is 3. The number of alkyl halides is 4. The maximum Gasteiger partial charge on any atom is 0.417 e. The molecule has 19 heavy (non-hydrogen) atoms. The van der Waals surface area contributed by atoms with Crippen LogP contribution < -0.4 is 5.32 Å². The van der Waals surface area contributed by atoms with Crippen molar-refractivity contribution in [3.05, 3.63) is 34.7 Å². The van der Waals surface area contributed by atoms with Gasteiger partial charge in [-0.15, -0.1) is 16.7 Å². The van der Waals surface area contributed by atoms with Crippen LogP contribution in [0.5, 0.6) is 0 Å². The SMILES string of the molecule is FC(F)(F)c1cc(Nc2nnc(CCl)o2)ccc1Cl. The van der Waals surface area contributed by atoms with E-state index in [1.54, 1.807) is 0 Å². The molecule has 0 saturated carbocycles. The van der Waals surface area contributed by atoms with Crippen LogP contribution in [0, 0.1) is 0 Å². The summed E-state index contributed by atoms with van der Waals surface area (Å²) in [5, 5.41) is 9.29. The highest BCUT2D eigenvalue weighted by molar-refractivity contribution is 6.31. The second kappa shape index (κ2) is 5.26. The van der Waals surface area contributed by atoms with Crippen LogP contribution in [0.1, 0.15) is 11.5 Å². The highest BCUT2D eigenvalue weighted by Gasteiger charge is 2.33. The minimum atomic E-state index is -4.54. The number of nitrogens with one attached hydrogen (secondary N) is 1. The summed E-state index contributed by atoms with van der Waals surface area (Å²) in [6.45, 7) is 0. The first-order valence-corrected chi connectivity index (χ1v) is 5.83. The molecule has 0 saturated heterocycles. The van der Waals surface area contributed by atoms with E-state index in [-0.39, 0.29) is 28.5 Å². The topological polar surface area (TPSA) is 51.0 Å². The lowest BCUT2D eigenvalue weighted by molar-refractivity contribution is -0.137. The lowest BCUT2D eigenvalue weighted by atomic mass is 10.2. The number of halogens is 5. The molecule has 1 N–H and O–H groups in total. The van der Waals surface area contributed by atoms with Crippen molar-refractivity contribution < 1.29 is 17.6 Å². The maximum atomic E-state index is 12.6. The zero-order valence-electron chi connectivity index (χ0n) is 9.13. The zero-order valence-corrected chi connectivity index (χ0v) is 10.6. The van der Waals surface area contributed by atoms with E-state index >= 15 is 0 Å². The van der Waals surface area contributed by atoms with E-state index in [9.17, 15) is 13.2 Å². The second-order valence-corrected chi connectivity index (χ2v) is 4.13. The summed E-state index contributed by atoms with van der Waals surface area (Å²) in [6.07, 6.45) is -4.54. The molecule has 1 aromatic carbocycles. The van der Waals surface area contributed by atoms with Crippen molar-refractivity contribution in [2.45, 2.75) is 12.1 Å². The molecule has 1 heterocycles. The van der Waals surface area contributed by atoms with E-state index in [0.29, 0.717) is 0 Å². The minimum absolute atomic E-state index is 0.0170. The molecule has 0 amide bonds. The third-order valence-corrected chi connectivity index (χ3v) is 2.66. The van der Waals surface area contributed by atoms with Crippen LogP contribution in [0.4, 0.5) is 24.9 Å². The summed E-state index contributed by atoms with van der Waals surface area (Å²) >= 11 is 11.0. The Morgan fingerprint density at radius 2 is 2.00 bits per heavy atom. The third kappa shape index (κ3) is 3.30. The highest BCUT2D eigenvalue weighted by atomic mass is 35.5. The largest absolute Gasteiger partial charge is 0.417 e. The number of nitrogens with zero attached hydrogens (tertiary/aromatic N) is 2. The van der Waals surface area contributed by atoms with E-state index in [1.165, 1.54) is 6.07 Å². The van der Waals surface area contributed by atoms with Crippen LogP contribution in [0.15, 0.2) is 22.6 Å². The average Bonchev–Trinajstić information content (AvgIpc) is 2.78. The molecule has 4 nitrogen and oxygen atoms in total. The smallest absolute Gasteiger partial charge is 0.407 e. The van der Waals surface area contributed by atoms with E-state index in [0.717, 1.165) is 12.1 Å². The number of anilines is 2. The predicted octanol–water partition coefficient (Wildman–Crippen LogP) is 4.22. The molecule has 2 rings (SSSR count). The standard InChI is InChI=1S/C10H6Cl2F3N3O/c11-4-8-17-18-9(19-8)16-5-1-2-7(12)6(3-5)10(13,14)15/h1-3H,4H2,(H,16,18). The number of hydrogen-bond acceptors (Lipinski definition) is 4. The molecule has 1 aromatic heterocycles. The Bertz CT molecular complexity index is 586. The molecule has 2 aromatic rings. The highest BCUT2D eigenvalue weighted by Crippen LogP contribution is 2.36. The molecule has 0 atom stereocenters. The molecular formula is C10H6Cl2F3N3O. The fourth-order valence-corrected chi connectivity index (χ4v) is 1.63. The van der Waals surface area contributed by atoms with Crippen LogP contribution in [-0.2, 0) is 12.1 Å². The van der Waals surface area contributed by atoms with Crippen LogP contribution in [0.25, 0.3) is 0 Å². The van der Waals surface area contributed by atoms with E-state index < -0.39 is 11.7 Å². The Kier molecular flexibility index (Phi) is 3.86. The van der Waals surface area contributed by atoms with Gasteiger partial charge in [-0.25, -0.2) is 0 Å². The van der Waals surface area contributed by atoms with Gasteiger partial charge in [0.1, 0.15) is 5.88 Å². The van der Waals surface area contributed by atoms with Crippen molar-refractivity contribution in [3.8, 4) is 0 Å². The van der Waals surface area contributed by atoms with Gasteiger partial charge in [-0.2, -0.15) is 13.2 Å². The molecule has 0 aliphatic rings. The number of aromatic nitrogens is 2. The van der Waals surface area contributed by atoms with Gasteiger partial charge >= 0.3 is 12.2 Å². The summed E-state index contributed by atoms with van der Waals surface area (Å²) in [7, 11) is 0. The average molecular weight is 312 g/mol. The number of benzene rings is 1. The van der Waals surface area contributed by atoms with E-state index in [2.05, 4.69) is 15.5 Å². The lowest BCUT2D eigenvalue weighted by Crippen LogP contribution is -2.06. The Balaban J connectivity index is 2.26. The minimum Gasteiger partial charge on any atom is -0.407 e. The van der Waals surface area contributed by atoms with Gasteiger partial charge < -0.3 is 9.73 Å². The van der Waals surface area contributed by atoms with Crippen molar-refractivity contribution in [1.82, 2.24) is 10.2 Å². The fourth-order valence-electron chi connectivity index (χ4n) is 1.30. The van der Waals surface area contributed by atoms with Crippen LogP contribution in [0.2, 0.25) is 5.02 Å². The normalized spacial score (nSPS) is 11.6. The monoisotopic (exact) mass is 311 g/mol. The van der Waals surface area contributed by atoms with E-state index in [1.807, 2.05) is 0 Å². The Labute approximate surface area is 115 Å². The Morgan fingerprint density at radius 3 is 2.58 bits per heavy atom. The fraction of sp³-hybridized carbons (Fsp3) is 0.200. The third-order valence-electron chi connectivity index (χ3n) is 2.10. The predicted molar refractivity (Wildman–Crippen MR) is 63.6 cm³/mol. The maximum absolute atomic E-state index is 12.6. The van der Waals surface area contributed by atoms with Gasteiger partial charge in [0, 0.05) is 5.69 Å². The Morgan fingerprint density at radius 1 is 1.26 bits per heavy atom. The van der Waals surface area contributed by atoms with Crippen LogP contribution in [0.3, 0.4) is 0 Å². The molecule has 0 spiro atoms. The summed E-state index contributed by atoms with van der Waals surface area (Å²) < 4.78 is 42.9. The van der Waals surface area contributed by atoms with E-state index in [4.69, 9.17) is 27.6 Å². The van der Waals surface area contributed by atoms with Gasteiger partial charge in [-0.05, 0) is 18.2 Å². The lowest BCUT2D eigenvalue weighted by Gasteiger charge is -2.10. The van der Waals surface area contributed by atoms with Gasteiger partial charge in [0.05, 0.1) is 10.6 Å². The van der Waals surface area contributed by atoms with Gasteiger partial charge in [0.15, 0.2) is 0 Å². The summed E-state index contributed by atoms with van der Waals surface area (Å²) in [5.74, 6) is 0.178. The molecule has 0 aliphatic heterocycles. The molecule has 0 radical (unpaired) electrons. The quantitative estimate of drug-likeness (QED) is 0.862.